The first-order valence-electron chi connectivity index (χ1n) is 4.41. The fourth-order valence-electron chi connectivity index (χ4n) is 1.50. The molecule has 1 fully saturated rings. The maximum atomic E-state index is 5.55. The van der Waals surface area contributed by atoms with Crippen LogP contribution in [0.4, 0.5) is 0 Å². The molecule has 0 aliphatic carbocycles. The van der Waals surface area contributed by atoms with Gasteiger partial charge in [-0.15, -0.1) is 10.2 Å². The van der Waals surface area contributed by atoms with E-state index in [1.54, 1.807) is 0 Å². The van der Waals surface area contributed by atoms with Gasteiger partial charge in [-0.1, -0.05) is 0 Å². The van der Waals surface area contributed by atoms with Crippen molar-refractivity contribution in [3.05, 3.63) is 11.8 Å². The number of ether oxygens (including phenoxy) is 1. The van der Waals surface area contributed by atoms with E-state index < -0.39 is 0 Å². The van der Waals surface area contributed by atoms with Gasteiger partial charge >= 0.3 is 0 Å². The monoisotopic (exact) mass is 183 g/mol. The van der Waals surface area contributed by atoms with Gasteiger partial charge in [-0.25, -0.2) is 0 Å². The largest absolute Gasteiger partial charge is 0.421 e. The Hall–Kier alpha value is -0.940. The molecule has 1 saturated heterocycles. The van der Waals surface area contributed by atoms with Crippen LogP contribution in [0.5, 0.6) is 0 Å². The van der Waals surface area contributed by atoms with Gasteiger partial charge in [0.15, 0.2) is 0 Å². The standard InChI is InChI=1S/C8H13N3O2/c1-8(3-2-4-12-8)7-11-10-6(5-9)13-7/h2-5,9H2,1H3. The molecule has 0 saturated carbocycles. The minimum Gasteiger partial charge on any atom is -0.421 e. The van der Waals surface area contributed by atoms with Crippen molar-refractivity contribution < 1.29 is 9.15 Å². The zero-order valence-corrected chi connectivity index (χ0v) is 7.62. The van der Waals surface area contributed by atoms with Gasteiger partial charge in [0.25, 0.3) is 0 Å². The number of rotatable bonds is 2. The molecule has 1 unspecified atom stereocenters. The van der Waals surface area contributed by atoms with Crippen molar-refractivity contribution in [3.8, 4) is 0 Å². The van der Waals surface area contributed by atoms with Gasteiger partial charge in [0.1, 0.15) is 5.60 Å². The van der Waals surface area contributed by atoms with Crippen LogP contribution in [-0.2, 0) is 16.9 Å². The van der Waals surface area contributed by atoms with Crippen LogP contribution >= 0.6 is 0 Å². The highest BCUT2D eigenvalue weighted by Crippen LogP contribution is 2.34. The van der Waals surface area contributed by atoms with Crippen molar-refractivity contribution in [1.82, 2.24) is 10.2 Å². The number of nitrogens with zero attached hydrogens (tertiary/aromatic N) is 2. The lowest BCUT2D eigenvalue weighted by Gasteiger charge is -2.17. The Bertz CT molecular complexity index is 291. The van der Waals surface area contributed by atoms with Crippen LogP contribution in [0.1, 0.15) is 31.5 Å². The maximum absolute atomic E-state index is 5.55. The van der Waals surface area contributed by atoms with Gasteiger partial charge in [0.2, 0.25) is 11.8 Å². The second-order valence-corrected chi connectivity index (χ2v) is 3.39. The second kappa shape index (κ2) is 3.08. The topological polar surface area (TPSA) is 74.2 Å². The van der Waals surface area contributed by atoms with E-state index in [9.17, 15) is 0 Å². The molecule has 0 bridgehead atoms. The zero-order valence-electron chi connectivity index (χ0n) is 7.62. The van der Waals surface area contributed by atoms with Crippen LogP contribution in [0.3, 0.4) is 0 Å². The van der Waals surface area contributed by atoms with E-state index in [0.717, 1.165) is 19.4 Å². The van der Waals surface area contributed by atoms with E-state index in [2.05, 4.69) is 10.2 Å². The van der Waals surface area contributed by atoms with Gasteiger partial charge < -0.3 is 14.9 Å². The molecule has 2 N–H and O–H groups in total. The van der Waals surface area contributed by atoms with Crippen LogP contribution < -0.4 is 5.73 Å². The van der Waals surface area contributed by atoms with Crippen LogP contribution in [0, 0.1) is 0 Å². The Morgan fingerprint density at radius 2 is 2.38 bits per heavy atom. The smallest absolute Gasteiger partial charge is 0.248 e. The third kappa shape index (κ3) is 1.45. The summed E-state index contributed by atoms with van der Waals surface area (Å²) in [7, 11) is 0. The van der Waals surface area contributed by atoms with Gasteiger partial charge in [0, 0.05) is 6.61 Å². The molecule has 13 heavy (non-hydrogen) atoms. The molecule has 1 aliphatic heterocycles. The Labute approximate surface area is 76.3 Å². The zero-order chi connectivity index (χ0) is 9.31. The molecule has 5 heteroatoms. The van der Waals surface area contributed by atoms with Crippen molar-refractivity contribution >= 4 is 0 Å². The maximum Gasteiger partial charge on any atom is 0.248 e. The van der Waals surface area contributed by atoms with Gasteiger partial charge in [0.05, 0.1) is 6.54 Å². The summed E-state index contributed by atoms with van der Waals surface area (Å²) in [4.78, 5) is 0. The molecule has 1 atom stereocenters. The van der Waals surface area contributed by atoms with Crippen molar-refractivity contribution in [3.63, 3.8) is 0 Å². The summed E-state index contributed by atoms with van der Waals surface area (Å²) in [5, 5.41) is 7.72. The summed E-state index contributed by atoms with van der Waals surface area (Å²) >= 11 is 0. The minimum atomic E-state index is -0.388. The average Bonchev–Trinajstić information content (AvgIpc) is 2.72. The minimum absolute atomic E-state index is 0.281. The normalized spacial score (nSPS) is 28.2. The summed E-state index contributed by atoms with van der Waals surface area (Å²) in [6.45, 7) is 3.01. The number of hydrogen-bond acceptors (Lipinski definition) is 5. The fraction of sp³-hybridized carbons (Fsp3) is 0.750. The molecule has 2 heterocycles. The molecular weight excluding hydrogens is 170 g/mol. The quantitative estimate of drug-likeness (QED) is 0.724. The molecule has 1 aromatic rings. The molecule has 0 amide bonds. The van der Waals surface area contributed by atoms with Crippen LogP contribution in [-0.4, -0.2) is 16.8 Å². The predicted octanol–water partition coefficient (Wildman–Crippen LogP) is 0.554. The Balaban J connectivity index is 2.23. The van der Waals surface area contributed by atoms with Crippen molar-refractivity contribution in [2.24, 2.45) is 5.73 Å². The van der Waals surface area contributed by atoms with Crippen LogP contribution in [0.2, 0.25) is 0 Å². The Kier molecular flexibility index (Phi) is 2.05. The molecule has 1 aliphatic rings. The highest BCUT2D eigenvalue weighted by molar-refractivity contribution is 4.97. The molecule has 0 aromatic carbocycles. The predicted molar refractivity (Wildman–Crippen MR) is 44.7 cm³/mol. The third-order valence-electron chi connectivity index (χ3n) is 2.31. The highest BCUT2D eigenvalue weighted by Gasteiger charge is 2.37. The lowest BCUT2D eigenvalue weighted by molar-refractivity contribution is -0.00611. The summed E-state index contributed by atoms with van der Waals surface area (Å²) in [6, 6.07) is 0. The molecule has 0 spiro atoms. The average molecular weight is 183 g/mol. The third-order valence-corrected chi connectivity index (χ3v) is 2.31. The number of aromatic nitrogens is 2. The molecular formula is C8H13N3O2. The molecule has 5 nitrogen and oxygen atoms in total. The van der Waals surface area contributed by atoms with E-state index >= 15 is 0 Å². The molecule has 1 aromatic heterocycles. The van der Waals surface area contributed by atoms with Gasteiger partial charge in [-0.2, -0.15) is 0 Å². The number of nitrogens with two attached hydrogens (primary N) is 1. The first kappa shape index (κ1) is 8.65. The van der Waals surface area contributed by atoms with Crippen molar-refractivity contribution in [1.29, 1.82) is 0 Å². The van der Waals surface area contributed by atoms with Crippen LogP contribution in [0.15, 0.2) is 4.42 Å². The summed E-state index contributed by atoms with van der Waals surface area (Å²) < 4.78 is 10.9. The van der Waals surface area contributed by atoms with Crippen molar-refractivity contribution in [2.45, 2.75) is 31.9 Å². The molecule has 2 rings (SSSR count). The summed E-state index contributed by atoms with van der Waals surface area (Å²) in [5.74, 6) is 1.01. The summed E-state index contributed by atoms with van der Waals surface area (Å²) in [6.07, 6.45) is 1.97. The molecule has 0 radical (unpaired) electrons. The first-order valence-corrected chi connectivity index (χ1v) is 4.41. The SMILES string of the molecule is CC1(c2nnc(CN)o2)CCCO1. The molecule has 72 valence electrons. The lowest BCUT2D eigenvalue weighted by Crippen LogP contribution is -2.20. The highest BCUT2D eigenvalue weighted by atomic mass is 16.5. The summed E-state index contributed by atoms with van der Waals surface area (Å²) in [5.41, 5.74) is 4.98. The van der Waals surface area contributed by atoms with Gasteiger partial charge in [-0.3, -0.25) is 0 Å². The van der Waals surface area contributed by atoms with E-state index in [0.29, 0.717) is 11.8 Å². The Morgan fingerprint density at radius 3 is 2.92 bits per heavy atom. The lowest BCUT2D eigenvalue weighted by atomic mass is 10.0. The van der Waals surface area contributed by atoms with E-state index in [1.807, 2.05) is 6.92 Å². The number of hydrogen-bond donors (Lipinski definition) is 1. The fourth-order valence-corrected chi connectivity index (χ4v) is 1.50. The van der Waals surface area contributed by atoms with Crippen molar-refractivity contribution in [2.75, 3.05) is 6.61 Å². The van der Waals surface area contributed by atoms with Crippen LogP contribution in [0.25, 0.3) is 0 Å². The van der Waals surface area contributed by atoms with E-state index in [1.165, 1.54) is 0 Å². The Morgan fingerprint density at radius 1 is 1.54 bits per heavy atom. The first-order chi connectivity index (χ1) is 6.24. The van der Waals surface area contributed by atoms with E-state index in [4.69, 9.17) is 14.9 Å². The second-order valence-electron chi connectivity index (χ2n) is 3.39. The van der Waals surface area contributed by atoms with E-state index in [-0.39, 0.29) is 12.1 Å². The van der Waals surface area contributed by atoms with Gasteiger partial charge in [-0.05, 0) is 19.8 Å².